The maximum absolute atomic E-state index is 11.8. The number of benzene rings is 4. The van der Waals surface area contributed by atoms with E-state index in [-0.39, 0.29) is 5.04 Å². The molecule has 0 heterocycles. The van der Waals surface area contributed by atoms with E-state index in [2.05, 4.69) is 81.4 Å². The van der Waals surface area contributed by atoms with Crippen LogP contribution in [0.1, 0.15) is 46.6 Å². The van der Waals surface area contributed by atoms with E-state index >= 15 is 0 Å². The molecule has 4 rings (SSSR count). The first-order valence-electron chi connectivity index (χ1n) is 16.7. The first-order chi connectivity index (χ1) is 23.0. The molecule has 7 heteroatoms. The Balaban J connectivity index is 1.58. The van der Waals surface area contributed by atoms with Crippen LogP contribution in [0.2, 0.25) is 5.04 Å². The number of rotatable bonds is 17. The van der Waals surface area contributed by atoms with Crippen molar-refractivity contribution >= 4 is 30.5 Å². The third kappa shape index (κ3) is 9.71. The molecule has 2 atom stereocenters. The zero-order valence-corrected chi connectivity index (χ0v) is 31.1. The molecule has 0 aliphatic heterocycles. The first kappa shape index (κ1) is 37.6. The Morgan fingerprint density at radius 2 is 1.31 bits per heavy atom. The topological polar surface area (TPSA) is 68.2 Å². The molecule has 0 aromatic heterocycles. The van der Waals surface area contributed by atoms with Gasteiger partial charge in [-0.05, 0) is 57.2 Å². The van der Waals surface area contributed by atoms with Crippen LogP contribution >= 0.6 is 11.8 Å². The lowest BCUT2D eigenvalue weighted by molar-refractivity contribution is -0.0279. The molecule has 0 aliphatic rings. The highest BCUT2D eigenvalue weighted by Gasteiger charge is 2.50. The Bertz CT molecular complexity index is 1500. The van der Waals surface area contributed by atoms with Gasteiger partial charge in [0.25, 0.3) is 8.32 Å². The first-order valence-corrected chi connectivity index (χ1v) is 19.6. The number of aliphatic hydroxyl groups is 2. The van der Waals surface area contributed by atoms with Crippen molar-refractivity contribution in [1.82, 2.24) is 0 Å². The van der Waals surface area contributed by atoms with Gasteiger partial charge < -0.3 is 24.1 Å². The van der Waals surface area contributed by atoms with Crippen LogP contribution in [0.4, 0.5) is 0 Å². The second-order valence-corrected chi connectivity index (χ2v) is 19.2. The standard InChI is InChI=1S/C41H52O5SSi/c1-40(2,3)48(36-18-12-8-13-19-36,37-20-14-9-15-21-37)46-29-27-33(26-28-45-30-32-22-24-34(44-6)25-23-32)38(42)39(43)41(4,5)31-47-35-16-10-7-11-17-35/h7-25,27,38-39,42-43H,26,28-31H2,1-6H3/b33-27+/t38-,39-/m0/s1. The van der Waals surface area contributed by atoms with E-state index in [1.807, 2.05) is 74.5 Å². The summed E-state index contributed by atoms with van der Waals surface area (Å²) in [6.45, 7) is 11.9. The molecule has 0 aliphatic carbocycles. The molecule has 0 radical (unpaired) electrons. The molecule has 5 nitrogen and oxygen atoms in total. The summed E-state index contributed by atoms with van der Waals surface area (Å²) in [7, 11) is -1.14. The monoisotopic (exact) mass is 684 g/mol. The molecule has 0 unspecified atom stereocenters. The summed E-state index contributed by atoms with van der Waals surface area (Å²) in [5, 5.41) is 25.6. The van der Waals surface area contributed by atoms with E-state index in [1.54, 1.807) is 18.9 Å². The van der Waals surface area contributed by atoms with E-state index < -0.39 is 25.9 Å². The van der Waals surface area contributed by atoms with Crippen molar-refractivity contribution in [3.63, 3.8) is 0 Å². The molecule has 0 spiro atoms. The Morgan fingerprint density at radius 1 is 0.771 bits per heavy atom. The molecule has 48 heavy (non-hydrogen) atoms. The summed E-state index contributed by atoms with van der Waals surface area (Å²) in [5.74, 6) is 1.45. The second-order valence-electron chi connectivity index (χ2n) is 13.9. The normalized spacial score (nSPS) is 14.0. The Labute approximate surface area is 293 Å². The van der Waals surface area contributed by atoms with Crippen molar-refractivity contribution in [2.24, 2.45) is 5.41 Å². The lowest BCUT2D eigenvalue weighted by Gasteiger charge is -2.43. The highest BCUT2D eigenvalue weighted by atomic mass is 32.2. The van der Waals surface area contributed by atoms with Crippen molar-refractivity contribution in [3.05, 3.63) is 132 Å². The van der Waals surface area contributed by atoms with Crippen molar-refractivity contribution in [2.75, 3.05) is 26.1 Å². The van der Waals surface area contributed by atoms with Gasteiger partial charge in [0.2, 0.25) is 0 Å². The molecule has 4 aromatic rings. The molecule has 0 amide bonds. The third-order valence-electron chi connectivity index (χ3n) is 8.86. The highest BCUT2D eigenvalue weighted by molar-refractivity contribution is 7.99. The zero-order chi connectivity index (χ0) is 34.6. The zero-order valence-electron chi connectivity index (χ0n) is 29.3. The van der Waals surface area contributed by atoms with Gasteiger partial charge >= 0.3 is 0 Å². The number of methoxy groups -OCH3 is 1. The SMILES string of the molecule is COc1ccc(COCC/C(=C\CO[Si](c2ccccc2)(c2ccccc2)C(C)(C)C)[C@H](O)[C@H](O)C(C)(C)CSc2ccccc2)cc1. The minimum absolute atomic E-state index is 0.181. The predicted molar refractivity (Wildman–Crippen MR) is 202 cm³/mol. The van der Waals surface area contributed by atoms with Gasteiger partial charge in [0.15, 0.2) is 0 Å². The van der Waals surface area contributed by atoms with Crippen LogP contribution in [-0.2, 0) is 15.8 Å². The molecule has 0 saturated carbocycles. The van der Waals surface area contributed by atoms with Gasteiger partial charge in [-0.25, -0.2) is 0 Å². The van der Waals surface area contributed by atoms with Crippen molar-refractivity contribution in [2.45, 2.75) is 69.8 Å². The number of ether oxygens (including phenoxy) is 2. The summed E-state index contributed by atoms with van der Waals surface area (Å²) in [6, 6.07) is 39.0. The van der Waals surface area contributed by atoms with Gasteiger partial charge in [-0.15, -0.1) is 11.8 Å². The largest absolute Gasteiger partial charge is 0.497 e. The Morgan fingerprint density at radius 3 is 1.83 bits per heavy atom. The van der Waals surface area contributed by atoms with Gasteiger partial charge in [-0.1, -0.05) is 132 Å². The second kappa shape index (κ2) is 17.5. The fraction of sp³-hybridized carbons (Fsp3) is 0.366. The molecule has 0 fully saturated rings. The van der Waals surface area contributed by atoms with Crippen LogP contribution < -0.4 is 15.1 Å². The fourth-order valence-corrected chi connectivity index (χ4v) is 11.6. The number of hydrogen-bond donors (Lipinski definition) is 2. The molecule has 2 N–H and O–H groups in total. The Hall–Kier alpha value is -3.17. The number of aliphatic hydroxyl groups excluding tert-OH is 2. The fourth-order valence-electron chi connectivity index (χ4n) is 6.01. The van der Waals surface area contributed by atoms with Crippen LogP contribution in [0.3, 0.4) is 0 Å². The number of thioether (sulfide) groups is 1. The summed E-state index contributed by atoms with van der Waals surface area (Å²) in [5.41, 5.74) is 1.19. The Kier molecular flexibility index (Phi) is 13.7. The van der Waals surface area contributed by atoms with Crippen LogP contribution in [0.25, 0.3) is 0 Å². The van der Waals surface area contributed by atoms with Crippen LogP contribution in [-0.4, -0.2) is 56.8 Å². The maximum atomic E-state index is 11.8. The lowest BCUT2D eigenvalue weighted by atomic mass is 9.82. The van der Waals surface area contributed by atoms with Gasteiger partial charge in [-0.3, -0.25) is 0 Å². The molecule has 256 valence electrons. The maximum Gasteiger partial charge on any atom is 0.261 e. The molecule has 4 aromatic carbocycles. The van der Waals surface area contributed by atoms with E-state index in [9.17, 15) is 10.2 Å². The summed E-state index contributed by atoms with van der Waals surface area (Å²) < 4.78 is 18.5. The minimum atomic E-state index is -2.79. The van der Waals surface area contributed by atoms with Gasteiger partial charge in [0.1, 0.15) is 11.9 Å². The third-order valence-corrected chi connectivity index (χ3v) is 15.4. The lowest BCUT2D eigenvalue weighted by Crippen LogP contribution is -2.66. The molecular weight excluding hydrogens is 633 g/mol. The van der Waals surface area contributed by atoms with Crippen LogP contribution in [0.15, 0.2) is 132 Å². The van der Waals surface area contributed by atoms with Crippen molar-refractivity contribution in [3.8, 4) is 5.75 Å². The van der Waals surface area contributed by atoms with E-state index in [4.69, 9.17) is 13.9 Å². The minimum Gasteiger partial charge on any atom is -0.497 e. The van der Waals surface area contributed by atoms with E-state index in [0.717, 1.165) is 16.2 Å². The molecular formula is C41H52O5SSi. The summed E-state index contributed by atoms with van der Waals surface area (Å²) in [6.07, 6.45) is 0.364. The summed E-state index contributed by atoms with van der Waals surface area (Å²) >= 11 is 1.68. The van der Waals surface area contributed by atoms with Crippen LogP contribution in [0, 0.1) is 5.41 Å². The van der Waals surface area contributed by atoms with Crippen molar-refractivity contribution in [1.29, 1.82) is 0 Å². The van der Waals surface area contributed by atoms with Gasteiger partial charge in [0, 0.05) is 16.1 Å². The molecule has 0 bridgehead atoms. The predicted octanol–water partition coefficient (Wildman–Crippen LogP) is 7.65. The quantitative estimate of drug-likeness (QED) is 0.0516. The van der Waals surface area contributed by atoms with Gasteiger partial charge in [0.05, 0.1) is 33.0 Å². The average Bonchev–Trinajstić information content (AvgIpc) is 3.10. The van der Waals surface area contributed by atoms with E-state index in [0.29, 0.717) is 37.6 Å². The van der Waals surface area contributed by atoms with Gasteiger partial charge in [-0.2, -0.15) is 0 Å². The van der Waals surface area contributed by atoms with E-state index in [1.165, 1.54) is 10.4 Å². The smallest absolute Gasteiger partial charge is 0.261 e. The van der Waals surface area contributed by atoms with Crippen molar-refractivity contribution < 1.29 is 24.1 Å². The molecule has 0 saturated heterocycles. The number of hydrogen-bond acceptors (Lipinski definition) is 6. The highest BCUT2D eigenvalue weighted by Crippen LogP contribution is 2.37. The summed E-state index contributed by atoms with van der Waals surface area (Å²) in [4.78, 5) is 1.13. The van der Waals surface area contributed by atoms with Crippen LogP contribution in [0.5, 0.6) is 5.75 Å². The average molecular weight is 685 g/mol.